The molecule has 0 atom stereocenters. The first kappa shape index (κ1) is 26.0. The number of fused-ring (bicyclic) bond motifs is 1. The predicted molar refractivity (Wildman–Crippen MR) is 149 cm³/mol. The SMILES string of the molecule is COc1ccccc1CNC(=O)c1coc(CCNCCc2nc3ccc(-c4ccccc4OC)cc3[nH]2)n1. The molecule has 5 aromatic rings. The summed E-state index contributed by atoms with van der Waals surface area (Å²) in [5, 5.41) is 6.24. The van der Waals surface area contributed by atoms with Crippen LogP contribution in [-0.2, 0) is 19.4 Å². The molecule has 0 aliphatic heterocycles. The molecule has 200 valence electrons. The quantitative estimate of drug-likeness (QED) is 0.205. The van der Waals surface area contributed by atoms with Gasteiger partial charge in [0.05, 0.1) is 25.3 Å². The van der Waals surface area contributed by atoms with E-state index in [1.807, 2.05) is 54.6 Å². The number of nitrogens with zero attached hydrogens (tertiary/aromatic N) is 2. The van der Waals surface area contributed by atoms with Gasteiger partial charge in [0.1, 0.15) is 23.6 Å². The standard InChI is InChI=1S/C30H31N5O4/c1-37-26-9-5-3-7-21(26)18-32-30(36)25-19-39-29(35-25)14-16-31-15-13-28-33-23-12-11-20(17-24(23)34-28)22-8-4-6-10-27(22)38-2/h3-12,17,19,31H,13-16,18H2,1-2H3,(H,32,36)(H,33,34). The largest absolute Gasteiger partial charge is 0.496 e. The first-order valence-electron chi connectivity index (χ1n) is 12.8. The van der Waals surface area contributed by atoms with Crippen molar-refractivity contribution in [2.24, 2.45) is 0 Å². The molecule has 5 rings (SSSR count). The molecular weight excluding hydrogens is 494 g/mol. The minimum absolute atomic E-state index is 0.259. The van der Waals surface area contributed by atoms with Crippen molar-refractivity contribution in [3.05, 3.63) is 96.0 Å². The second kappa shape index (κ2) is 12.3. The van der Waals surface area contributed by atoms with Gasteiger partial charge in [0, 0.05) is 43.6 Å². The lowest BCUT2D eigenvalue weighted by molar-refractivity contribution is 0.0945. The lowest BCUT2D eigenvalue weighted by Gasteiger charge is -2.08. The van der Waals surface area contributed by atoms with E-state index in [1.165, 1.54) is 6.26 Å². The first-order chi connectivity index (χ1) is 19.1. The van der Waals surface area contributed by atoms with Crippen LogP contribution in [0.1, 0.15) is 27.8 Å². The number of carbonyl (C=O) groups excluding carboxylic acids is 1. The summed E-state index contributed by atoms with van der Waals surface area (Å²) in [6, 6.07) is 21.7. The number of H-pyrrole nitrogens is 1. The lowest BCUT2D eigenvalue weighted by Crippen LogP contribution is -2.23. The zero-order chi connectivity index (χ0) is 27.0. The van der Waals surface area contributed by atoms with Crippen molar-refractivity contribution in [2.45, 2.75) is 19.4 Å². The van der Waals surface area contributed by atoms with Crippen LogP contribution in [0.4, 0.5) is 0 Å². The summed E-state index contributed by atoms with van der Waals surface area (Å²) in [5.74, 6) is 2.71. The molecule has 9 nitrogen and oxygen atoms in total. The van der Waals surface area contributed by atoms with E-state index in [1.54, 1.807) is 14.2 Å². The van der Waals surface area contributed by atoms with Gasteiger partial charge in [-0.15, -0.1) is 0 Å². The Kier molecular flexibility index (Phi) is 8.18. The van der Waals surface area contributed by atoms with E-state index in [9.17, 15) is 4.79 Å². The van der Waals surface area contributed by atoms with E-state index < -0.39 is 0 Å². The topological polar surface area (TPSA) is 114 Å². The highest BCUT2D eigenvalue weighted by Gasteiger charge is 2.13. The van der Waals surface area contributed by atoms with Crippen LogP contribution in [0.3, 0.4) is 0 Å². The average Bonchev–Trinajstić information content (AvgIpc) is 3.62. The molecule has 0 saturated carbocycles. The van der Waals surface area contributed by atoms with Gasteiger partial charge < -0.3 is 29.5 Å². The minimum atomic E-state index is -0.289. The number of aromatic nitrogens is 3. The fraction of sp³-hybridized carbons (Fsp3) is 0.233. The highest BCUT2D eigenvalue weighted by molar-refractivity contribution is 5.91. The molecule has 0 spiro atoms. The van der Waals surface area contributed by atoms with Crippen LogP contribution in [0.5, 0.6) is 11.5 Å². The number of methoxy groups -OCH3 is 2. The fourth-order valence-electron chi connectivity index (χ4n) is 4.40. The number of hydrogen-bond donors (Lipinski definition) is 3. The molecule has 0 radical (unpaired) electrons. The van der Waals surface area contributed by atoms with Gasteiger partial charge in [0.25, 0.3) is 5.91 Å². The van der Waals surface area contributed by atoms with Gasteiger partial charge in [-0.3, -0.25) is 4.79 Å². The number of nitrogens with one attached hydrogen (secondary N) is 3. The van der Waals surface area contributed by atoms with E-state index in [4.69, 9.17) is 18.9 Å². The first-order valence-corrected chi connectivity index (χ1v) is 12.8. The Labute approximate surface area is 226 Å². The molecule has 0 saturated heterocycles. The van der Waals surface area contributed by atoms with Crippen LogP contribution in [0.25, 0.3) is 22.2 Å². The van der Waals surface area contributed by atoms with Crippen molar-refractivity contribution >= 4 is 16.9 Å². The van der Waals surface area contributed by atoms with Crippen LogP contribution in [-0.4, -0.2) is 48.2 Å². The number of amides is 1. The number of ether oxygens (including phenoxy) is 2. The summed E-state index contributed by atoms with van der Waals surface area (Å²) >= 11 is 0. The second-order valence-electron chi connectivity index (χ2n) is 8.99. The molecule has 0 aliphatic carbocycles. The van der Waals surface area contributed by atoms with Crippen molar-refractivity contribution in [2.75, 3.05) is 27.3 Å². The summed E-state index contributed by atoms with van der Waals surface area (Å²) < 4.78 is 16.3. The van der Waals surface area contributed by atoms with Crippen molar-refractivity contribution in [3.8, 4) is 22.6 Å². The molecule has 2 aromatic heterocycles. The maximum atomic E-state index is 12.5. The maximum absolute atomic E-state index is 12.5. The summed E-state index contributed by atoms with van der Waals surface area (Å²) in [4.78, 5) is 24.9. The van der Waals surface area contributed by atoms with Crippen molar-refractivity contribution in [3.63, 3.8) is 0 Å². The molecule has 3 aromatic carbocycles. The third-order valence-corrected chi connectivity index (χ3v) is 6.42. The summed E-state index contributed by atoms with van der Waals surface area (Å²) in [5.41, 5.74) is 5.19. The van der Waals surface area contributed by atoms with E-state index in [2.05, 4.69) is 32.7 Å². The number of aromatic amines is 1. The second-order valence-corrected chi connectivity index (χ2v) is 8.99. The Morgan fingerprint density at radius 2 is 1.69 bits per heavy atom. The van der Waals surface area contributed by atoms with Crippen molar-refractivity contribution < 1.29 is 18.7 Å². The highest BCUT2D eigenvalue weighted by atomic mass is 16.5. The van der Waals surface area contributed by atoms with Crippen LogP contribution in [0.2, 0.25) is 0 Å². The summed E-state index contributed by atoms with van der Waals surface area (Å²) in [6.07, 6.45) is 2.71. The van der Waals surface area contributed by atoms with Gasteiger partial charge >= 0.3 is 0 Å². The van der Waals surface area contributed by atoms with E-state index >= 15 is 0 Å². The lowest BCUT2D eigenvalue weighted by atomic mass is 10.0. The summed E-state index contributed by atoms with van der Waals surface area (Å²) in [7, 11) is 3.29. The molecule has 39 heavy (non-hydrogen) atoms. The zero-order valence-corrected chi connectivity index (χ0v) is 22.0. The average molecular weight is 526 g/mol. The number of hydrogen-bond acceptors (Lipinski definition) is 7. The smallest absolute Gasteiger partial charge is 0.273 e. The van der Waals surface area contributed by atoms with Gasteiger partial charge in [-0.05, 0) is 29.8 Å². The Morgan fingerprint density at radius 3 is 2.54 bits per heavy atom. The highest BCUT2D eigenvalue weighted by Crippen LogP contribution is 2.31. The number of imidazole rings is 1. The van der Waals surface area contributed by atoms with Crippen LogP contribution < -0.4 is 20.1 Å². The number of benzene rings is 3. The van der Waals surface area contributed by atoms with E-state index in [-0.39, 0.29) is 11.6 Å². The van der Waals surface area contributed by atoms with Crippen molar-refractivity contribution in [1.82, 2.24) is 25.6 Å². The monoisotopic (exact) mass is 525 g/mol. The molecule has 1 amide bonds. The van der Waals surface area contributed by atoms with Crippen molar-refractivity contribution in [1.29, 1.82) is 0 Å². The molecule has 2 heterocycles. The number of oxazole rings is 1. The third kappa shape index (κ3) is 6.27. The van der Waals surface area contributed by atoms with Gasteiger partial charge in [-0.2, -0.15) is 0 Å². The normalized spacial score (nSPS) is 11.0. The minimum Gasteiger partial charge on any atom is -0.496 e. The Hall–Kier alpha value is -4.63. The number of rotatable bonds is 12. The Morgan fingerprint density at radius 1 is 0.923 bits per heavy atom. The summed E-state index contributed by atoms with van der Waals surface area (Å²) in [6.45, 7) is 1.75. The van der Waals surface area contributed by atoms with Gasteiger partial charge in [-0.25, -0.2) is 9.97 Å². The molecule has 0 fully saturated rings. The third-order valence-electron chi connectivity index (χ3n) is 6.42. The molecular formula is C30H31N5O4. The molecule has 0 bridgehead atoms. The Balaban J connectivity index is 1.08. The van der Waals surface area contributed by atoms with E-state index in [0.29, 0.717) is 25.4 Å². The number of carbonyl (C=O) groups is 1. The van der Waals surface area contributed by atoms with Gasteiger partial charge in [0.2, 0.25) is 0 Å². The maximum Gasteiger partial charge on any atom is 0.273 e. The number of para-hydroxylation sites is 2. The van der Waals surface area contributed by atoms with Crippen LogP contribution in [0, 0.1) is 0 Å². The van der Waals surface area contributed by atoms with Gasteiger partial charge in [-0.1, -0.05) is 42.5 Å². The zero-order valence-electron chi connectivity index (χ0n) is 22.0. The fourth-order valence-corrected chi connectivity index (χ4v) is 4.40. The Bertz CT molecular complexity index is 1560. The predicted octanol–water partition coefficient (Wildman–Crippen LogP) is 4.54. The molecule has 0 aliphatic rings. The molecule has 3 N–H and O–H groups in total. The van der Waals surface area contributed by atoms with Gasteiger partial charge in [0.15, 0.2) is 11.6 Å². The van der Waals surface area contributed by atoms with Crippen LogP contribution >= 0.6 is 0 Å². The van der Waals surface area contributed by atoms with E-state index in [0.717, 1.165) is 58.0 Å². The molecule has 0 unspecified atom stereocenters. The molecule has 9 heteroatoms. The van der Waals surface area contributed by atoms with Crippen LogP contribution in [0.15, 0.2) is 77.4 Å².